The maximum atomic E-state index is 9.75. The van der Waals surface area contributed by atoms with E-state index >= 15 is 0 Å². The number of hydrogen-bond acceptors (Lipinski definition) is 2. The van der Waals surface area contributed by atoms with Crippen molar-refractivity contribution in [3.8, 4) is 0 Å². The summed E-state index contributed by atoms with van der Waals surface area (Å²) in [5.74, 6) is 0. The van der Waals surface area contributed by atoms with E-state index in [4.69, 9.17) is 10.8 Å². The van der Waals surface area contributed by atoms with E-state index in [9.17, 15) is 17.3 Å². The molecule has 0 spiro atoms. The molecule has 0 saturated heterocycles. The topological polar surface area (TPSA) is 47.6 Å². The van der Waals surface area contributed by atoms with Crippen molar-refractivity contribution < 1.29 is 22.0 Å². The molecule has 8 heteroatoms. The summed E-state index contributed by atoms with van der Waals surface area (Å²) < 4.78 is 39.0. The maximum Gasteiger partial charge on any atom is 0.673 e. The SMILES string of the molecule is F.F[B-](F)(F)F.N#N. The Hall–Kier alpha value is -0.865. The van der Waals surface area contributed by atoms with Gasteiger partial charge in [-0.1, -0.05) is 0 Å². The van der Waals surface area contributed by atoms with Crippen LogP contribution in [-0.2, 0) is 0 Å². The largest absolute Gasteiger partial charge is 0.673 e. The van der Waals surface area contributed by atoms with Crippen LogP contribution in [0.3, 0.4) is 0 Å². The molecule has 50 valence electrons. The molecule has 0 fully saturated rings. The summed E-state index contributed by atoms with van der Waals surface area (Å²) in [5, 5.41) is 12.0. The van der Waals surface area contributed by atoms with Crippen LogP contribution in [-0.4, -0.2) is 7.25 Å². The maximum absolute atomic E-state index is 9.75. The minimum Gasteiger partial charge on any atom is -0.418 e. The molecule has 0 atom stereocenters. The van der Waals surface area contributed by atoms with Crippen LogP contribution in [0, 0.1) is 10.8 Å². The van der Waals surface area contributed by atoms with Gasteiger partial charge in [0.15, 0.2) is 0 Å². The Bertz CT molecular complexity index is 47.2. The zero-order chi connectivity index (χ0) is 6.50. The molecule has 8 heavy (non-hydrogen) atoms. The third kappa shape index (κ3) is 117. The summed E-state index contributed by atoms with van der Waals surface area (Å²) in [6.45, 7) is 0. The number of halogens is 5. The highest BCUT2D eigenvalue weighted by atomic mass is 19.5. The van der Waals surface area contributed by atoms with Crippen LogP contribution in [0.5, 0.6) is 0 Å². The third-order valence-electron chi connectivity index (χ3n) is 0. The van der Waals surface area contributed by atoms with Gasteiger partial charge in [0, 0.05) is 10.8 Å². The first-order valence-corrected chi connectivity index (χ1v) is 1.07. The van der Waals surface area contributed by atoms with E-state index in [1.165, 1.54) is 0 Å². The Kier molecular flexibility index (Phi) is 12.0. The van der Waals surface area contributed by atoms with E-state index in [1.807, 2.05) is 0 Å². The average molecular weight is 135 g/mol. The summed E-state index contributed by atoms with van der Waals surface area (Å²) in [7, 11) is -6.00. The summed E-state index contributed by atoms with van der Waals surface area (Å²) in [5.41, 5.74) is 0. The second-order valence-corrected chi connectivity index (χ2v) is 0.495. The summed E-state index contributed by atoms with van der Waals surface area (Å²) in [6, 6.07) is 0. The highest BCUT2D eigenvalue weighted by Crippen LogP contribution is 2.06. The van der Waals surface area contributed by atoms with Crippen molar-refractivity contribution in [3.05, 3.63) is 0 Å². The highest BCUT2D eigenvalue weighted by molar-refractivity contribution is 6.50. The van der Waals surface area contributed by atoms with Crippen molar-refractivity contribution in [2.75, 3.05) is 0 Å². The number of rotatable bonds is 0. The monoisotopic (exact) mass is 135 g/mol. The Morgan fingerprint density at radius 2 is 0.875 bits per heavy atom. The zero-order valence-electron chi connectivity index (χ0n) is 3.39. The summed E-state index contributed by atoms with van der Waals surface area (Å²) in [6.07, 6.45) is 0. The van der Waals surface area contributed by atoms with Gasteiger partial charge in [0.1, 0.15) is 0 Å². The smallest absolute Gasteiger partial charge is 0.418 e. The normalized spacial score (nSPS) is 7.75. The molecule has 0 aliphatic heterocycles. The predicted molar refractivity (Wildman–Crippen MR) is 16.1 cm³/mol. The van der Waals surface area contributed by atoms with Crippen LogP contribution in [0.25, 0.3) is 0 Å². The van der Waals surface area contributed by atoms with Crippen molar-refractivity contribution in [3.63, 3.8) is 0 Å². The van der Waals surface area contributed by atoms with Crippen LogP contribution < -0.4 is 0 Å². The van der Waals surface area contributed by atoms with Gasteiger partial charge in [-0.15, -0.1) is 0 Å². The Balaban J connectivity index is -0.0000000750. The number of nitrogens with zero attached hydrogens (tertiary/aromatic N) is 2. The van der Waals surface area contributed by atoms with Gasteiger partial charge in [-0.05, 0) is 0 Å². The van der Waals surface area contributed by atoms with Crippen molar-refractivity contribution in [1.29, 1.82) is 10.8 Å². The standard InChI is InChI=1S/BF4.FH.N2/c2-1(3,4)5;;1-2/h;1H;/q-1;;. The van der Waals surface area contributed by atoms with Gasteiger partial charge in [0.2, 0.25) is 0 Å². The first-order chi connectivity index (χ1) is 3.00. The van der Waals surface area contributed by atoms with E-state index in [2.05, 4.69) is 0 Å². The molecule has 0 bridgehead atoms. The molecule has 2 nitrogen and oxygen atoms in total. The fraction of sp³-hybridized carbons (Fsp3) is 0. The van der Waals surface area contributed by atoms with Gasteiger partial charge in [-0.2, -0.15) is 0 Å². The molecule has 0 heterocycles. The Morgan fingerprint density at radius 1 is 0.875 bits per heavy atom. The Morgan fingerprint density at radius 3 is 0.875 bits per heavy atom. The minimum atomic E-state index is -6.00. The van der Waals surface area contributed by atoms with E-state index < -0.39 is 7.25 Å². The molecular weight excluding hydrogens is 134 g/mol. The summed E-state index contributed by atoms with van der Waals surface area (Å²) in [4.78, 5) is 0. The first-order valence-electron chi connectivity index (χ1n) is 1.07. The first kappa shape index (κ1) is 15.7. The lowest BCUT2D eigenvalue weighted by Gasteiger charge is -1.94. The van der Waals surface area contributed by atoms with Crippen LogP contribution >= 0.6 is 0 Å². The van der Waals surface area contributed by atoms with Crippen LogP contribution in [0.4, 0.5) is 22.0 Å². The van der Waals surface area contributed by atoms with E-state index in [-0.39, 0.29) is 4.70 Å². The van der Waals surface area contributed by atoms with Gasteiger partial charge in [0.05, 0.1) is 0 Å². The lowest BCUT2D eigenvalue weighted by Crippen LogP contribution is -2.02. The highest BCUT2D eigenvalue weighted by Gasteiger charge is 2.20. The zero-order valence-corrected chi connectivity index (χ0v) is 3.39. The second-order valence-electron chi connectivity index (χ2n) is 0.495. The third-order valence-corrected chi connectivity index (χ3v) is 0. The molecule has 0 rings (SSSR count). The van der Waals surface area contributed by atoms with Crippen molar-refractivity contribution >= 4 is 7.25 Å². The average Bonchev–Trinajstić information content (AvgIpc) is 1.36. The summed E-state index contributed by atoms with van der Waals surface area (Å²) >= 11 is 0. The van der Waals surface area contributed by atoms with Crippen LogP contribution in [0.1, 0.15) is 0 Å². The van der Waals surface area contributed by atoms with Crippen molar-refractivity contribution in [2.24, 2.45) is 0 Å². The minimum absolute atomic E-state index is 0. The molecule has 0 amide bonds. The molecule has 0 aromatic rings. The predicted octanol–water partition coefficient (Wildman–Crippen LogP) is 1.48. The van der Waals surface area contributed by atoms with E-state index in [0.29, 0.717) is 0 Å². The van der Waals surface area contributed by atoms with Gasteiger partial charge in [0.25, 0.3) is 0 Å². The van der Waals surface area contributed by atoms with Crippen LogP contribution in [0.2, 0.25) is 0 Å². The molecule has 0 aromatic carbocycles. The fourth-order valence-electron chi connectivity index (χ4n) is 0. The molecule has 0 radical (unpaired) electrons. The quantitative estimate of drug-likeness (QED) is 0.286. The fourth-order valence-corrected chi connectivity index (χ4v) is 0. The molecule has 0 saturated carbocycles. The van der Waals surface area contributed by atoms with Gasteiger partial charge in [-0.3, -0.25) is 4.70 Å². The molecule has 0 unspecified atom stereocenters. The van der Waals surface area contributed by atoms with Crippen molar-refractivity contribution in [2.45, 2.75) is 0 Å². The molecule has 0 aromatic heterocycles. The van der Waals surface area contributed by atoms with Gasteiger partial charge < -0.3 is 17.3 Å². The molecular formula is HBF5N2-. The second kappa shape index (κ2) is 6.13. The van der Waals surface area contributed by atoms with E-state index in [1.54, 1.807) is 0 Å². The lowest BCUT2D eigenvalue weighted by molar-refractivity contribution is 0.368. The van der Waals surface area contributed by atoms with Gasteiger partial charge in [-0.25, -0.2) is 0 Å². The molecule has 0 aliphatic rings. The van der Waals surface area contributed by atoms with Gasteiger partial charge >= 0.3 is 7.25 Å². The molecule has 0 N–H and O–H groups in total. The van der Waals surface area contributed by atoms with Crippen LogP contribution in [0.15, 0.2) is 0 Å². The lowest BCUT2D eigenvalue weighted by atomic mass is 10.3. The molecule has 0 aliphatic carbocycles. The van der Waals surface area contributed by atoms with E-state index in [0.717, 1.165) is 0 Å². The van der Waals surface area contributed by atoms with Crippen molar-refractivity contribution in [1.82, 2.24) is 0 Å². The Labute approximate surface area is 41.4 Å². The number of hydrogen-bond donors (Lipinski definition) is 0.